The highest BCUT2D eigenvalue weighted by Crippen LogP contribution is 2.34. The number of unbranched alkanes of at least 4 members (excludes halogenated alkanes) is 2. The molecule has 0 spiro atoms. The fraction of sp³-hybridized carbons (Fsp3) is 0.353. The first kappa shape index (κ1) is 18.1. The molecule has 1 aliphatic heterocycles. The summed E-state index contributed by atoms with van der Waals surface area (Å²) in [5.41, 5.74) is 0.567. The Kier molecular flexibility index (Phi) is 6.43. The third-order valence-electron chi connectivity index (χ3n) is 3.42. The van der Waals surface area contributed by atoms with Gasteiger partial charge >= 0.3 is 5.97 Å². The van der Waals surface area contributed by atoms with Crippen molar-refractivity contribution in [3.8, 4) is 5.75 Å². The zero-order chi connectivity index (χ0) is 17.5. The minimum atomic E-state index is -1.08. The number of thioether (sulfide) groups is 1. The van der Waals surface area contributed by atoms with Crippen molar-refractivity contribution in [2.45, 2.75) is 26.2 Å². The number of para-hydroxylation sites is 1. The molecule has 2 amide bonds. The van der Waals surface area contributed by atoms with Crippen LogP contribution in [0.5, 0.6) is 5.75 Å². The van der Waals surface area contributed by atoms with E-state index < -0.39 is 12.6 Å². The number of imide groups is 1. The maximum absolute atomic E-state index is 12.4. The number of carboxylic acids is 1. The van der Waals surface area contributed by atoms with E-state index >= 15 is 0 Å². The number of hydrogen-bond acceptors (Lipinski definition) is 5. The van der Waals surface area contributed by atoms with Gasteiger partial charge in [0.25, 0.3) is 11.1 Å². The van der Waals surface area contributed by atoms with Gasteiger partial charge in [-0.3, -0.25) is 14.5 Å². The fourth-order valence-corrected chi connectivity index (χ4v) is 3.08. The number of carboxylic acid groups (broad SMARTS) is 1. The Morgan fingerprint density at radius 2 is 2.04 bits per heavy atom. The summed E-state index contributed by atoms with van der Waals surface area (Å²) in [6, 6.07) is 6.80. The molecular weight excluding hydrogens is 330 g/mol. The van der Waals surface area contributed by atoms with E-state index in [0.717, 1.165) is 31.0 Å². The van der Waals surface area contributed by atoms with E-state index in [4.69, 9.17) is 9.84 Å². The Labute approximate surface area is 144 Å². The van der Waals surface area contributed by atoms with Gasteiger partial charge in [0.1, 0.15) is 5.75 Å². The summed E-state index contributed by atoms with van der Waals surface area (Å²) in [6.07, 6.45) is 4.34. The maximum atomic E-state index is 12.4. The van der Waals surface area contributed by atoms with Crippen LogP contribution in [0, 0.1) is 0 Å². The van der Waals surface area contributed by atoms with E-state index in [1.807, 2.05) is 0 Å². The molecule has 1 N–H and O–H groups in total. The van der Waals surface area contributed by atoms with Crippen molar-refractivity contribution >= 4 is 35.0 Å². The van der Waals surface area contributed by atoms with Gasteiger partial charge in [0, 0.05) is 12.1 Å². The lowest BCUT2D eigenvalue weighted by Gasteiger charge is -2.11. The molecule has 2 rings (SSSR count). The predicted molar refractivity (Wildman–Crippen MR) is 91.8 cm³/mol. The molecule has 0 bridgehead atoms. The third kappa shape index (κ3) is 4.61. The summed E-state index contributed by atoms with van der Waals surface area (Å²) in [5.74, 6) is -1.03. The molecule has 24 heavy (non-hydrogen) atoms. The van der Waals surface area contributed by atoms with Crippen LogP contribution in [0.25, 0.3) is 6.08 Å². The van der Waals surface area contributed by atoms with Crippen LogP contribution < -0.4 is 4.74 Å². The number of rotatable bonds is 8. The molecule has 0 radical (unpaired) electrons. The Morgan fingerprint density at radius 1 is 1.29 bits per heavy atom. The van der Waals surface area contributed by atoms with E-state index in [-0.39, 0.29) is 11.1 Å². The smallest absolute Gasteiger partial charge is 0.341 e. The molecule has 1 aromatic carbocycles. The second-order valence-corrected chi connectivity index (χ2v) is 6.25. The summed E-state index contributed by atoms with van der Waals surface area (Å²) in [6.45, 7) is 2.01. The second kappa shape index (κ2) is 8.54. The number of nitrogens with zero attached hydrogens (tertiary/aromatic N) is 1. The highest BCUT2D eigenvalue weighted by atomic mass is 32.2. The molecular formula is C17H19NO5S. The van der Waals surface area contributed by atoms with Crippen LogP contribution >= 0.6 is 11.8 Å². The summed E-state index contributed by atoms with van der Waals surface area (Å²) in [4.78, 5) is 36.6. The van der Waals surface area contributed by atoms with Gasteiger partial charge < -0.3 is 9.84 Å². The lowest BCUT2D eigenvalue weighted by Crippen LogP contribution is -2.29. The normalized spacial score (nSPS) is 16.0. The molecule has 1 aliphatic rings. The average molecular weight is 349 g/mol. The van der Waals surface area contributed by atoms with Crippen LogP contribution in [-0.4, -0.2) is 40.3 Å². The molecule has 1 aromatic rings. The monoisotopic (exact) mass is 349 g/mol. The summed E-state index contributed by atoms with van der Waals surface area (Å²) >= 11 is 0.894. The first-order valence-corrected chi connectivity index (χ1v) is 8.53. The molecule has 1 fully saturated rings. The van der Waals surface area contributed by atoms with Crippen molar-refractivity contribution in [1.29, 1.82) is 0 Å². The van der Waals surface area contributed by atoms with E-state index in [1.165, 1.54) is 4.90 Å². The zero-order valence-electron chi connectivity index (χ0n) is 13.4. The number of ether oxygens (including phenoxy) is 1. The Bertz CT molecular complexity index is 671. The predicted octanol–water partition coefficient (Wildman–Crippen LogP) is 3.38. The molecule has 0 aromatic heterocycles. The van der Waals surface area contributed by atoms with Gasteiger partial charge in [-0.25, -0.2) is 4.79 Å². The van der Waals surface area contributed by atoms with Gasteiger partial charge in [0.15, 0.2) is 6.61 Å². The first-order chi connectivity index (χ1) is 11.5. The number of amides is 2. The van der Waals surface area contributed by atoms with Crippen molar-refractivity contribution in [2.24, 2.45) is 0 Å². The summed E-state index contributed by atoms with van der Waals surface area (Å²) in [5, 5.41) is 8.44. The lowest BCUT2D eigenvalue weighted by molar-refractivity contribution is -0.139. The van der Waals surface area contributed by atoms with E-state index in [2.05, 4.69) is 6.92 Å². The van der Waals surface area contributed by atoms with Crippen molar-refractivity contribution in [3.63, 3.8) is 0 Å². The molecule has 0 aliphatic carbocycles. The highest BCUT2D eigenvalue weighted by molar-refractivity contribution is 8.18. The van der Waals surface area contributed by atoms with Gasteiger partial charge in [-0.2, -0.15) is 0 Å². The number of benzene rings is 1. The Balaban J connectivity index is 2.15. The number of carbonyl (C=O) groups excluding carboxylic acids is 2. The molecule has 0 unspecified atom stereocenters. The number of carbonyl (C=O) groups is 3. The van der Waals surface area contributed by atoms with Crippen LogP contribution in [0.2, 0.25) is 0 Å². The minimum Gasteiger partial charge on any atom is -0.481 e. The fourth-order valence-electron chi connectivity index (χ4n) is 2.22. The van der Waals surface area contributed by atoms with E-state index in [1.54, 1.807) is 30.3 Å². The largest absolute Gasteiger partial charge is 0.481 e. The van der Waals surface area contributed by atoms with Crippen LogP contribution in [0.4, 0.5) is 4.79 Å². The lowest BCUT2D eigenvalue weighted by atomic mass is 10.2. The highest BCUT2D eigenvalue weighted by Gasteiger charge is 2.34. The summed E-state index contributed by atoms with van der Waals surface area (Å²) in [7, 11) is 0. The third-order valence-corrected chi connectivity index (χ3v) is 4.32. The molecule has 0 atom stereocenters. The summed E-state index contributed by atoms with van der Waals surface area (Å²) < 4.78 is 5.21. The van der Waals surface area contributed by atoms with Crippen LogP contribution in [-0.2, 0) is 9.59 Å². The maximum Gasteiger partial charge on any atom is 0.341 e. The van der Waals surface area contributed by atoms with Gasteiger partial charge in [-0.05, 0) is 30.3 Å². The quantitative estimate of drug-likeness (QED) is 0.572. The van der Waals surface area contributed by atoms with Gasteiger partial charge in [0.2, 0.25) is 0 Å². The van der Waals surface area contributed by atoms with Crippen LogP contribution in [0.15, 0.2) is 29.2 Å². The molecule has 0 saturated carbocycles. The molecule has 1 heterocycles. The van der Waals surface area contributed by atoms with Crippen molar-refractivity contribution in [3.05, 3.63) is 34.7 Å². The number of aliphatic carboxylic acids is 1. The Morgan fingerprint density at radius 3 is 2.75 bits per heavy atom. The van der Waals surface area contributed by atoms with Crippen LogP contribution in [0.3, 0.4) is 0 Å². The van der Waals surface area contributed by atoms with Gasteiger partial charge in [0.05, 0.1) is 4.91 Å². The number of hydrogen-bond donors (Lipinski definition) is 1. The van der Waals surface area contributed by atoms with Gasteiger partial charge in [-0.15, -0.1) is 0 Å². The average Bonchev–Trinajstić information content (AvgIpc) is 2.81. The first-order valence-electron chi connectivity index (χ1n) is 7.72. The van der Waals surface area contributed by atoms with E-state index in [0.29, 0.717) is 22.8 Å². The van der Waals surface area contributed by atoms with Gasteiger partial charge in [-0.1, -0.05) is 38.0 Å². The minimum absolute atomic E-state index is 0.272. The molecule has 6 nitrogen and oxygen atoms in total. The molecule has 1 saturated heterocycles. The van der Waals surface area contributed by atoms with Crippen molar-refractivity contribution in [1.82, 2.24) is 4.90 Å². The van der Waals surface area contributed by atoms with E-state index in [9.17, 15) is 14.4 Å². The van der Waals surface area contributed by atoms with Crippen LogP contribution in [0.1, 0.15) is 31.7 Å². The Hall–Kier alpha value is -2.28. The second-order valence-electron chi connectivity index (χ2n) is 5.26. The zero-order valence-corrected chi connectivity index (χ0v) is 14.2. The molecule has 7 heteroatoms. The molecule has 128 valence electrons. The SMILES string of the molecule is CCCCCN1C(=O)S/C(=C\c2ccccc2OCC(=O)O)C1=O. The standard InChI is InChI=1S/C17H19NO5S/c1-2-3-6-9-18-16(21)14(24-17(18)22)10-12-7-4-5-8-13(12)23-11-15(19)20/h4-5,7-8,10H,2-3,6,9,11H2,1H3,(H,19,20)/b14-10-. The topological polar surface area (TPSA) is 83.9 Å². The van der Waals surface area contributed by atoms with Crippen molar-refractivity contribution in [2.75, 3.05) is 13.2 Å². The van der Waals surface area contributed by atoms with Crippen molar-refractivity contribution < 1.29 is 24.2 Å².